The highest BCUT2D eigenvalue weighted by Gasteiger charge is 2.02. The third-order valence-corrected chi connectivity index (χ3v) is 3.03. The standard InChI is InChI=1S/C12H16N8/c1-9-8-10(2)19(15-9)7-3-6-13-11-4-5-12-14-17-18-20(12)16-11/h4-5,8H,3,6-7H2,1-2H3,(H,13,16). The highest BCUT2D eigenvalue weighted by molar-refractivity contribution is 5.41. The number of rotatable bonds is 5. The van der Waals surface area contributed by atoms with E-state index in [9.17, 15) is 0 Å². The second kappa shape index (κ2) is 5.24. The molecule has 20 heavy (non-hydrogen) atoms. The van der Waals surface area contributed by atoms with Crippen molar-refractivity contribution in [2.24, 2.45) is 0 Å². The molecule has 1 N–H and O–H groups in total. The Morgan fingerprint density at radius 2 is 2.10 bits per heavy atom. The Morgan fingerprint density at radius 3 is 2.90 bits per heavy atom. The predicted octanol–water partition coefficient (Wildman–Crippen LogP) is 0.835. The Hall–Kier alpha value is -2.51. The van der Waals surface area contributed by atoms with Crippen LogP contribution in [0.15, 0.2) is 18.2 Å². The van der Waals surface area contributed by atoms with Crippen molar-refractivity contribution in [1.29, 1.82) is 0 Å². The maximum Gasteiger partial charge on any atom is 0.200 e. The van der Waals surface area contributed by atoms with E-state index in [1.165, 1.54) is 10.3 Å². The molecule has 0 aliphatic carbocycles. The van der Waals surface area contributed by atoms with Crippen LogP contribution in [0.1, 0.15) is 17.8 Å². The fourth-order valence-electron chi connectivity index (χ4n) is 2.09. The van der Waals surface area contributed by atoms with Gasteiger partial charge >= 0.3 is 0 Å². The van der Waals surface area contributed by atoms with Gasteiger partial charge in [0.25, 0.3) is 0 Å². The van der Waals surface area contributed by atoms with Crippen molar-refractivity contribution in [1.82, 2.24) is 35.0 Å². The molecule has 104 valence electrons. The first-order chi connectivity index (χ1) is 9.72. The van der Waals surface area contributed by atoms with Gasteiger partial charge in [0.15, 0.2) is 5.65 Å². The number of tetrazole rings is 1. The third kappa shape index (κ3) is 2.58. The molecule has 0 aromatic carbocycles. The molecular weight excluding hydrogens is 256 g/mol. The van der Waals surface area contributed by atoms with Gasteiger partial charge in [-0.05, 0) is 48.9 Å². The Labute approximate surface area is 115 Å². The average molecular weight is 272 g/mol. The molecular formula is C12H16N8. The van der Waals surface area contributed by atoms with Gasteiger partial charge in [-0.15, -0.1) is 14.8 Å². The molecule has 0 unspecified atom stereocenters. The molecule has 0 atom stereocenters. The first-order valence-electron chi connectivity index (χ1n) is 6.53. The molecule has 0 aliphatic rings. The Bertz CT molecular complexity index is 713. The van der Waals surface area contributed by atoms with E-state index in [2.05, 4.69) is 44.0 Å². The summed E-state index contributed by atoms with van der Waals surface area (Å²) < 4.78 is 3.43. The van der Waals surface area contributed by atoms with Gasteiger partial charge in [0.2, 0.25) is 0 Å². The molecule has 0 aliphatic heterocycles. The van der Waals surface area contributed by atoms with E-state index in [0.717, 1.165) is 31.0 Å². The predicted molar refractivity (Wildman–Crippen MR) is 73.4 cm³/mol. The second-order valence-electron chi connectivity index (χ2n) is 4.68. The smallest absolute Gasteiger partial charge is 0.200 e. The zero-order valence-electron chi connectivity index (χ0n) is 11.5. The molecule has 0 amide bonds. The fourth-order valence-corrected chi connectivity index (χ4v) is 2.09. The lowest BCUT2D eigenvalue weighted by molar-refractivity contribution is 0.573. The van der Waals surface area contributed by atoms with Gasteiger partial charge in [0, 0.05) is 18.8 Å². The number of hydrogen-bond donors (Lipinski definition) is 1. The zero-order chi connectivity index (χ0) is 13.9. The quantitative estimate of drug-likeness (QED) is 0.692. The van der Waals surface area contributed by atoms with E-state index in [0.29, 0.717) is 5.65 Å². The summed E-state index contributed by atoms with van der Waals surface area (Å²) in [6.07, 6.45) is 0.970. The molecule has 0 fully saturated rings. The summed E-state index contributed by atoms with van der Waals surface area (Å²) in [6.45, 7) is 5.78. The molecule has 0 bridgehead atoms. The maximum atomic E-state index is 4.43. The lowest BCUT2D eigenvalue weighted by atomic mass is 10.4. The van der Waals surface area contributed by atoms with Gasteiger partial charge in [0.1, 0.15) is 5.82 Å². The van der Waals surface area contributed by atoms with E-state index >= 15 is 0 Å². The van der Waals surface area contributed by atoms with Crippen molar-refractivity contribution in [2.75, 3.05) is 11.9 Å². The molecule has 3 aromatic rings. The van der Waals surface area contributed by atoms with Gasteiger partial charge in [0.05, 0.1) is 5.69 Å². The topological polar surface area (TPSA) is 85.8 Å². The van der Waals surface area contributed by atoms with Crippen LogP contribution >= 0.6 is 0 Å². The average Bonchev–Trinajstić information content (AvgIpc) is 3.00. The Morgan fingerprint density at radius 1 is 1.20 bits per heavy atom. The van der Waals surface area contributed by atoms with E-state index in [4.69, 9.17) is 0 Å². The number of hydrogen-bond acceptors (Lipinski definition) is 6. The van der Waals surface area contributed by atoms with Crippen LogP contribution in [-0.2, 0) is 6.54 Å². The molecule has 8 heteroatoms. The fraction of sp³-hybridized carbons (Fsp3) is 0.417. The summed E-state index contributed by atoms with van der Waals surface area (Å²) in [6, 6.07) is 5.78. The Kier molecular flexibility index (Phi) is 3.28. The van der Waals surface area contributed by atoms with E-state index in [1.807, 2.05) is 23.7 Å². The van der Waals surface area contributed by atoms with Crippen LogP contribution in [0, 0.1) is 13.8 Å². The molecule has 3 heterocycles. The summed E-state index contributed by atoms with van der Waals surface area (Å²) in [7, 11) is 0. The maximum absolute atomic E-state index is 4.43. The van der Waals surface area contributed by atoms with Crippen molar-refractivity contribution < 1.29 is 0 Å². The van der Waals surface area contributed by atoms with E-state index in [-0.39, 0.29) is 0 Å². The molecule has 0 spiro atoms. The molecule has 0 radical (unpaired) electrons. The molecule has 0 saturated heterocycles. The van der Waals surface area contributed by atoms with Crippen molar-refractivity contribution in [3.05, 3.63) is 29.6 Å². The summed E-state index contributed by atoms with van der Waals surface area (Å²) >= 11 is 0. The molecule has 3 rings (SSSR count). The van der Waals surface area contributed by atoms with Gasteiger partial charge < -0.3 is 5.32 Å². The summed E-state index contributed by atoms with van der Waals surface area (Å²) in [4.78, 5) is 0. The number of fused-ring (bicyclic) bond motifs is 1. The van der Waals surface area contributed by atoms with Crippen molar-refractivity contribution >= 4 is 11.5 Å². The molecule has 3 aromatic heterocycles. The van der Waals surface area contributed by atoms with Gasteiger partial charge in [-0.2, -0.15) is 5.10 Å². The van der Waals surface area contributed by atoms with Crippen LogP contribution in [0.5, 0.6) is 0 Å². The number of aryl methyl sites for hydroxylation is 3. The van der Waals surface area contributed by atoms with Crippen LogP contribution in [0.4, 0.5) is 5.82 Å². The van der Waals surface area contributed by atoms with Crippen molar-refractivity contribution in [3.8, 4) is 0 Å². The first kappa shape index (κ1) is 12.5. The Balaban J connectivity index is 1.53. The van der Waals surface area contributed by atoms with Crippen LogP contribution in [0.25, 0.3) is 5.65 Å². The summed E-state index contributed by atoms with van der Waals surface area (Å²) in [5.74, 6) is 0.762. The lowest BCUT2D eigenvalue weighted by Gasteiger charge is -2.06. The minimum absolute atomic E-state index is 0.637. The second-order valence-corrected chi connectivity index (χ2v) is 4.68. The monoisotopic (exact) mass is 272 g/mol. The lowest BCUT2D eigenvalue weighted by Crippen LogP contribution is -2.10. The normalized spacial score (nSPS) is 11.1. The SMILES string of the molecule is Cc1cc(C)n(CCCNc2ccc3nnnn3n2)n1. The van der Waals surface area contributed by atoms with Crippen molar-refractivity contribution in [3.63, 3.8) is 0 Å². The van der Waals surface area contributed by atoms with Crippen LogP contribution in [0.2, 0.25) is 0 Å². The number of anilines is 1. The zero-order valence-corrected chi connectivity index (χ0v) is 11.5. The van der Waals surface area contributed by atoms with Crippen LogP contribution in [-0.4, -0.2) is 41.6 Å². The highest BCUT2D eigenvalue weighted by atomic mass is 15.6. The minimum atomic E-state index is 0.637. The van der Waals surface area contributed by atoms with Gasteiger partial charge in [-0.25, -0.2) is 0 Å². The van der Waals surface area contributed by atoms with Gasteiger partial charge in [-0.1, -0.05) is 0 Å². The number of nitrogens with zero attached hydrogens (tertiary/aromatic N) is 7. The van der Waals surface area contributed by atoms with E-state index in [1.54, 1.807) is 0 Å². The largest absolute Gasteiger partial charge is 0.369 e. The summed E-state index contributed by atoms with van der Waals surface area (Å²) in [5.41, 5.74) is 2.88. The summed E-state index contributed by atoms with van der Waals surface area (Å²) in [5, 5.41) is 23.1. The molecule has 8 nitrogen and oxygen atoms in total. The molecule has 0 saturated carbocycles. The highest BCUT2D eigenvalue weighted by Crippen LogP contribution is 2.05. The van der Waals surface area contributed by atoms with Crippen molar-refractivity contribution in [2.45, 2.75) is 26.8 Å². The van der Waals surface area contributed by atoms with Crippen LogP contribution in [0.3, 0.4) is 0 Å². The van der Waals surface area contributed by atoms with Gasteiger partial charge in [-0.3, -0.25) is 4.68 Å². The van der Waals surface area contributed by atoms with E-state index < -0.39 is 0 Å². The number of nitrogens with one attached hydrogen (secondary N) is 1. The minimum Gasteiger partial charge on any atom is -0.369 e. The third-order valence-electron chi connectivity index (χ3n) is 3.03. The first-order valence-corrected chi connectivity index (χ1v) is 6.53. The van der Waals surface area contributed by atoms with Crippen LogP contribution < -0.4 is 5.32 Å². The number of aromatic nitrogens is 7.